The topological polar surface area (TPSA) is 33.5 Å². The van der Waals surface area contributed by atoms with Gasteiger partial charge in [-0.3, -0.25) is 0 Å². The van der Waals surface area contributed by atoms with E-state index >= 15 is 0 Å². The second-order valence-corrected chi connectivity index (χ2v) is 22.6. The summed E-state index contributed by atoms with van der Waals surface area (Å²) in [4.78, 5) is 9.48. The molecule has 0 unspecified atom stereocenters. The van der Waals surface area contributed by atoms with Gasteiger partial charge < -0.3 is 19.1 Å². The molecular weight excluding hydrogens is 964 g/mol. The number of pyridine rings is 1. The molecule has 0 radical (unpaired) electrons. The maximum absolute atomic E-state index is 6.91. The Morgan fingerprint density at radius 2 is 1.11 bits per heavy atom. The Bertz CT molecular complexity index is 2840. The van der Waals surface area contributed by atoms with E-state index in [2.05, 4.69) is 240 Å². The minimum atomic E-state index is -0.171. The molecule has 0 bridgehead atoms. The van der Waals surface area contributed by atoms with E-state index in [4.69, 9.17) is 9.72 Å². The van der Waals surface area contributed by atoms with Crippen molar-refractivity contribution in [3.63, 3.8) is 0 Å². The minimum absolute atomic E-state index is 0. The Morgan fingerprint density at radius 3 is 1.72 bits per heavy atom. The number of hydrogen-bond acceptors (Lipinski definition) is 4. The molecule has 0 aliphatic carbocycles. The third-order valence-corrected chi connectivity index (χ3v) is 12.3. The molecule has 336 valence electrons. The van der Waals surface area contributed by atoms with Gasteiger partial charge in [0, 0.05) is 55.7 Å². The smallest absolute Gasteiger partial charge is 0.135 e. The summed E-state index contributed by atoms with van der Waals surface area (Å²) in [5, 5.41) is 2.26. The molecule has 0 atom stereocenters. The van der Waals surface area contributed by atoms with Gasteiger partial charge in [0.25, 0.3) is 0 Å². The SMILES string of the molecule is CC(C)(C)c1cc(Oc2[c-]c3c(cc2)c2ccc(C(C)(C)C)cc2n3-c2cc(C(C)(C)C)ccn2)[c-]c(N2[CH-]N(c3cc(C(C)(C)C)cc(C(C)(C)C)c3)C=C2c2ccccc2)c1.[Pt]. The van der Waals surface area contributed by atoms with Crippen LogP contribution in [0.5, 0.6) is 11.5 Å². The summed E-state index contributed by atoms with van der Waals surface area (Å²) >= 11 is 0. The fourth-order valence-electron chi connectivity index (χ4n) is 8.15. The number of rotatable bonds is 6. The number of aromatic nitrogens is 2. The first kappa shape index (κ1) is 46.9. The van der Waals surface area contributed by atoms with Crippen LogP contribution in [-0.2, 0) is 48.1 Å². The number of anilines is 2. The maximum Gasteiger partial charge on any atom is 0.135 e. The van der Waals surface area contributed by atoms with Crippen LogP contribution in [0, 0.1) is 18.8 Å². The van der Waals surface area contributed by atoms with Crippen LogP contribution in [-0.4, -0.2) is 9.55 Å². The largest absolute Gasteiger partial charge is 0.509 e. The maximum atomic E-state index is 6.91. The van der Waals surface area contributed by atoms with Gasteiger partial charge in [-0.2, -0.15) is 6.07 Å². The minimum Gasteiger partial charge on any atom is -0.509 e. The van der Waals surface area contributed by atoms with Crippen molar-refractivity contribution in [3.05, 3.63) is 168 Å². The fraction of sp³-hybridized carbons (Fsp3) is 0.345. The van der Waals surface area contributed by atoms with Crippen LogP contribution in [0.25, 0.3) is 33.3 Å². The van der Waals surface area contributed by atoms with Crippen molar-refractivity contribution >= 4 is 38.9 Å². The van der Waals surface area contributed by atoms with Crippen LogP contribution >= 0.6 is 0 Å². The van der Waals surface area contributed by atoms with Crippen LogP contribution in [0.1, 0.15) is 137 Å². The zero-order chi connectivity index (χ0) is 45.4. The second-order valence-electron chi connectivity index (χ2n) is 22.6. The summed E-state index contributed by atoms with van der Waals surface area (Å²) < 4.78 is 9.16. The van der Waals surface area contributed by atoms with Crippen LogP contribution in [0.3, 0.4) is 0 Å². The number of fused-ring (bicyclic) bond motifs is 3. The predicted molar refractivity (Wildman–Crippen MR) is 266 cm³/mol. The van der Waals surface area contributed by atoms with Crippen molar-refractivity contribution in [2.24, 2.45) is 0 Å². The fourth-order valence-corrected chi connectivity index (χ4v) is 8.15. The van der Waals surface area contributed by atoms with E-state index < -0.39 is 0 Å². The summed E-state index contributed by atoms with van der Waals surface area (Å²) in [7, 11) is 0. The average Bonchev–Trinajstić information content (AvgIpc) is 3.79. The van der Waals surface area contributed by atoms with Crippen LogP contribution in [0.4, 0.5) is 11.4 Å². The molecule has 0 saturated carbocycles. The molecule has 7 aromatic rings. The van der Waals surface area contributed by atoms with Gasteiger partial charge >= 0.3 is 0 Å². The van der Waals surface area contributed by atoms with Gasteiger partial charge in [0.1, 0.15) is 5.82 Å². The molecule has 6 heteroatoms. The number of hydrogen-bond donors (Lipinski definition) is 0. The monoisotopic (exact) mass is 1030 g/mol. The Labute approximate surface area is 397 Å². The van der Waals surface area contributed by atoms with Crippen molar-refractivity contribution in [1.82, 2.24) is 9.55 Å². The van der Waals surface area contributed by atoms with Gasteiger partial charge in [-0.15, -0.1) is 53.6 Å². The second kappa shape index (κ2) is 16.7. The number of nitrogens with zero attached hydrogens (tertiary/aromatic N) is 4. The average molecular weight is 1030 g/mol. The molecule has 0 N–H and O–H groups in total. The van der Waals surface area contributed by atoms with E-state index in [1.54, 1.807) is 0 Å². The van der Waals surface area contributed by atoms with E-state index in [9.17, 15) is 0 Å². The van der Waals surface area contributed by atoms with E-state index in [1.807, 2.05) is 12.3 Å². The molecule has 0 fully saturated rings. The van der Waals surface area contributed by atoms with Gasteiger partial charge in [-0.25, -0.2) is 4.98 Å². The summed E-state index contributed by atoms with van der Waals surface area (Å²) in [5.74, 6) is 2.10. The van der Waals surface area contributed by atoms with Crippen molar-refractivity contribution in [2.45, 2.75) is 131 Å². The normalized spacial score (nSPS) is 14.0. The first-order valence-corrected chi connectivity index (χ1v) is 22.4. The summed E-state index contributed by atoms with van der Waals surface area (Å²) in [6, 6.07) is 44.9. The summed E-state index contributed by atoms with van der Waals surface area (Å²) in [5.41, 5.74) is 12.2. The van der Waals surface area contributed by atoms with Crippen molar-refractivity contribution < 1.29 is 25.8 Å². The van der Waals surface area contributed by atoms with Crippen molar-refractivity contribution in [2.75, 3.05) is 9.80 Å². The van der Waals surface area contributed by atoms with Crippen molar-refractivity contribution in [1.29, 1.82) is 0 Å². The van der Waals surface area contributed by atoms with Gasteiger partial charge in [0.05, 0.1) is 0 Å². The third-order valence-electron chi connectivity index (χ3n) is 12.3. The van der Waals surface area contributed by atoms with Crippen LogP contribution < -0.4 is 14.5 Å². The van der Waals surface area contributed by atoms with Gasteiger partial charge in [0.15, 0.2) is 0 Å². The van der Waals surface area contributed by atoms with Crippen LogP contribution in [0.15, 0.2) is 116 Å². The Balaban J connectivity index is 0.00000612. The van der Waals surface area contributed by atoms with Gasteiger partial charge in [-0.05, 0) is 96.8 Å². The Morgan fingerprint density at radius 1 is 0.531 bits per heavy atom. The van der Waals surface area contributed by atoms with E-state index in [-0.39, 0.29) is 48.1 Å². The molecule has 64 heavy (non-hydrogen) atoms. The molecule has 3 heterocycles. The molecule has 0 amide bonds. The van der Waals surface area contributed by atoms with Gasteiger partial charge in [-0.1, -0.05) is 158 Å². The molecule has 1 aliphatic heterocycles. The molecule has 5 nitrogen and oxygen atoms in total. The molecule has 2 aromatic heterocycles. The third kappa shape index (κ3) is 9.48. The zero-order valence-corrected chi connectivity index (χ0v) is 42.8. The first-order chi connectivity index (χ1) is 29.3. The first-order valence-electron chi connectivity index (χ1n) is 22.4. The predicted octanol–water partition coefficient (Wildman–Crippen LogP) is 15.5. The van der Waals surface area contributed by atoms with E-state index in [0.29, 0.717) is 11.5 Å². The Kier molecular flexibility index (Phi) is 12.2. The van der Waals surface area contributed by atoms with Gasteiger partial charge in [0.2, 0.25) is 0 Å². The Hall–Kier alpha value is -5.12. The van der Waals surface area contributed by atoms with Crippen LogP contribution in [0.2, 0.25) is 0 Å². The van der Waals surface area contributed by atoms with Crippen molar-refractivity contribution in [3.8, 4) is 17.3 Å². The number of ether oxygens (including phenoxy) is 1. The summed E-state index contributed by atoms with van der Waals surface area (Å²) in [6.07, 6.45) is 4.17. The quantitative estimate of drug-likeness (QED) is 0.155. The molecule has 0 spiro atoms. The molecule has 0 saturated heterocycles. The molecule has 1 aliphatic rings. The molecular formula is C58H65N4OPt-3. The standard InChI is InChI=1S/C58H65N4O.Pt/c1-54(2,3)39-21-23-48-49-24-22-46(35-51(49)62(50(48)32-39)53-33-40(25-26-59-53)55(4,5)6)63-47-31-43(58(13,14)15)30-45(34-47)61-37-60(36-52(61)38-19-17-16-18-20-38)44-28-41(56(7,8)9)27-42(29-44)57(10,11)12;/h16-33,36-37H,1-15H3;/q-3;. The number of benzene rings is 5. The molecule has 8 rings (SSSR count). The zero-order valence-electron chi connectivity index (χ0n) is 40.6. The molecule has 5 aromatic carbocycles. The summed E-state index contributed by atoms with van der Waals surface area (Å²) in [6.45, 7) is 36.2. The van der Waals surface area contributed by atoms with E-state index in [0.717, 1.165) is 55.8 Å². The van der Waals surface area contributed by atoms with E-state index in [1.165, 1.54) is 22.3 Å².